The molecule has 106 valence electrons. The minimum absolute atomic E-state index is 0.105. The molecule has 1 unspecified atom stereocenters. The average molecular weight is 284 g/mol. The van der Waals surface area contributed by atoms with E-state index in [0.717, 1.165) is 5.56 Å². The summed E-state index contributed by atoms with van der Waals surface area (Å²) in [6, 6.07) is 15.2. The van der Waals surface area contributed by atoms with Gasteiger partial charge in [0, 0.05) is 6.42 Å². The number of benzene rings is 2. The summed E-state index contributed by atoms with van der Waals surface area (Å²) in [6.07, 6.45) is 0.316. The third-order valence-electron chi connectivity index (χ3n) is 3.43. The van der Waals surface area contributed by atoms with Gasteiger partial charge in [-0.05, 0) is 29.8 Å². The number of carboxylic acid groups (broad SMARTS) is 1. The van der Waals surface area contributed by atoms with Crippen LogP contribution in [0.5, 0.6) is 0 Å². The molecule has 3 rings (SSSR count). The first-order valence-electron chi connectivity index (χ1n) is 6.55. The van der Waals surface area contributed by atoms with Crippen molar-refractivity contribution in [2.45, 2.75) is 12.5 Å². The minimum atomic E-state index is -1.03. The van der Waals surface area contributed by atoms with E-state index in [1.165, 1.54) is 12.1 Å². The molecule has 0 aromatic heterocycles. The van der Waals surface area contributed by atoms with E-state index in [0.29, 0.717) is 12.1 Å². The molecule has 5 heteroatoms. The second kappa shape index (κ2) is 5.36. The van der Waals surface area contributed by atoms with E-state index in [1.54, 1.807) is 17.1 Å². The molecule has 0 saturated carbocycles. The van der Waals surface area contributed by atoms with Gasteiger partial charge in [0.2, 0.25) is 0 Å². The number of aliphatic carboxylic acids is 1. The zero-order valence-corrected chi connectivity index (χ0v) is 11.1. The minimum Gasteiger partial charge on any atom is -0.477 e. The Hall–Kier alpha value is -2.69. The Morgan fingerprint density at radius 3 is 2.43 bits per heavy atom. The summed E-state index contributed by atoms with van der Waals surface area (Å²) >= 11 is 0. The monoisotopic (exact) mass is 284 g/mol. The van der Waals surface area contributed by atoms with Crippen LogP contribution in [0, 0.1) is 5.82 Å². The summed E-state index contributed by atoms with van der Waals surface area (Å²) in [6.45, 7) is 0. The van der Waals surface area contributed by atoms with Crippen LogP contribution in [0.3, 0.4) is 0 Å². The molecule has 0 radical (unpaired) electrons. The third-order valence-corrected chi connectivity index (χ3v) is 3.43. The number of halogens is 1. The topological polar surface area (TPSA) is 52.9 Å². The normalized spacial score (nSPS) is 17.7. The molecule has 1 aliphatic rings. The van der Waals surface area contributed by atoms with Crippen LogP contribution in [0.2, 0.25) is 0 Å². The van der Waals surface area contributed by atoms with Crippen molar-refractivity contribution < 1.29 is 14.3 Å². The van der Waals surface area contributed by atoms with Crippen molar-refractivity contribution >= 4 is 17.4 Å². The number of anilines is 1. The molecule has 1 atom stereocenters. The van der Waals surface area contributed by atoms with Crippen LogP contribution in [-0.4, -0.2) is 16.8 Å². The molecule has 4 nitrogen and oxygen atoms in total. The van der Waals surface area contributed by atoms with Gasteiger partial charge >= 0.3 is 5.97 Å². The predicted octanol–water partition coefficient (Wildman–Crippen LogP) is 3.22. The Labute approximate surface area is 121 Å². The first-order chi connectivity index (χ1) is 10.1. The van der Waals surface area contributed by atoms with Crippen molar-refractivity contribution in [2.75, 3.05) is 5.01 Å². The lowest BCUT2D eigenvalue weighted by atomic mass is 10.0. The summed E-state index contributed by atoms with van der Waals surface area (Å²) in [5, 5.41) is 15.0. The number of rotatable bonds is 3. The van der Waals surface area contributed by atoms with Gasteiger partial charge in [0.25, 0.3) is 0 Å². The van der Waals surface area contributed by atoms with Gasteiger partial charge in [-0.2, -0.15) is 5.10 Å². The van der Waals surface area contributed by atoms with Gasteiger partial charge in [0.1, 0.15) is 11.5 Å². The molecule has 0 amide bonds. The summed E-state index contributed by atoms with van der Waals surface area (Å²) in [5.41, 5.74) is 1.75. The smallest absolute Gasteiger partial charge is 0.352 e. The van der Waals surface area contributed by atoms with Crippen LogP contribution in [0.1, 0.15) is 18.0 Å². The molecule has 1 N–H and O–H groups in total. The van der Waals surface area contributed by atoms with Gasteiger partial charge in [0.05, 0.1) is 11.7 Å². The van der Waals surface area contributed by atoms with E-state index in [-0.39, 0.29) is 17.6 Å². The highest BCUT2D eigenvalue weighted by Gasteiger charge is 2.32. The molecule has 0 aliphatic carbocycles. The fourth-order valence-electron chi connectivity index (χ4n) is 2.41. The summed E-state index contributed by atoms with van der Waals surface area (Å²) in [4.78, 5) is 11.2. The molecule has 2 aromatic rings. The van der Waals surface area contributed by atoms with Gasteiger partial charge in [-0.25, -0.2) is 9.18 Å². The highest BCUT2D eigenvalue weighted by Crippen LogP contribution is 2.35. The van der Waals surface area contributed by atoms with Crippen LogP contribution in [0.4, 0.5) is 10.1 Å². The van der Waals surface area contributed by atoms with Crippen molar-refractivity contribution in [3.05, 3.63) is 66.0 Å². The van der Waals surface area contributed by atoms with Crippen molar-refractivity contribution in [3.8, 4) is 0 Å². The van der Waals surface area contributed by atoms with E-state index < -0.39 is 5.97 Å². The maximum atomic E-state index is 13.1. The number of carbonyl (C=O) groups is 1. The maximum Gasteiger partial charge on any atom is 0.352 e. The molecule has 0 bridgehead atoms. The maximum absolute atomic E-state index is 13.1. The number of nitrogens with zero attached hydrogens (tertiary/aromatic N) is 2. The molecule has 0 spiro atoms. The number of hydrazone groups is 1. The number of carboxylic acids is 1. The molecular weight excluding hydrogens is 271 g/mol. The average Bonchev–Trinajstić information content (AvgIpc) is 2.94. The Bertz CT molecular complexity index is 683. The lowest BCUT2D eigenvalue weighted by Gasteiger charge is -2.23. The predicted molar refractivity (Wildman–Crippen MR) is 77.7 cm³/mol. The van der Waals surface area contributed by atoms with Crippen LogP contribution < -0.4 is 5.01 Å². The number of hydrogen-bond acceptors (Lipinski definition) is 3. The van der Waals surface area contributed by atoms with Gasteiger partial charge in [-0.1, -0.05) is 30.3 Å². The Kier molecular flexibility index (Phi) is 3.39. The molecule has 1 aliphatic heterocycles. The third kappa shape index (κ3) is 2.63. The van der Waals surface area contributed by atoms with Crippen LogP contribution >= 0.6 is 0 Å². The van der Waals surface area contributed by atoms with E-state index in [4.69, 9.17) is 5.11 Å². The standard InChI is InChI=1S/C16H13FN2O2/c17-12-6-8-13(9-7-12)19-15(10-14(18-19)16(20)21)11-4-2-1-3-5-11/h1-9,15H,10H2,(H,20,21). The van der Waals surface area contributed by atoms with Crippen molar-refractivity contribution in [1.82, 2.24) is 0 Å². The number of hydrogen-bond donors (Lipinski definition) is 1. The van der Waals surface area contributed by atoms with E-state index in [2.05, 4.69) is 5.10 Å². The van der Waals surface area contributed by atoms with Gasteiger partial charge in [-0.15, -0.1) is 0 Å². The van der Waals surface area contributed by atoms with Crippen molar-refractivity contribution in [3.63, 3.8) is 0 Å². The largest absolute Gasteiger partial charge is 0.477 e. The molecule has 21 heavy (non-hydrogen) atoms. The molecule has 2 aromatic carbocycles. The Morgan fingerprint density at radius 1 is 1.14 bits per heavy atom. The van der Waals surface area contributed by atoms with Crippen molar-refractivity contribution in [1.29, 1.82) is 0 Å². The van der Waals surface area contributed by atoms with Crippen molar-refractivity contribution in [2.24, 2.45) is 5.10 Å². The quantitative estimate of drug-likeness (QED) is 0.941. The van der Waals surface area contributed by atoms with Gasteiger partial charge in [-0.3, -0.25) is 5.01 Å². The summed E-state index contributed by atoms with van der Waals surface area (Å²) in [7, 11) is 0. The summed E-state index contributed by atoms with van der Waals surface area (Å²) in [5.74, 6) is -1.36. The zero-order valence-electron chi connectivity index (χ0n) is 11.1. The lowest BCUT2D eigenvalue weighted by molar-refractivity contribution is -0.129. The Balaban J connectivity index is 2.00. The highest BCUT2D eigenvalue weighted by molar-refractivity contribution is 6.36. The lowest BCUT2D eigenvalue weighted by Crippen LogP contribution is -2.18. The first kappa shape index (κ1) is 13.3. The zero-order chi connectivity index (χ0) is 14.8. The van der Waals surface area contributed by atoms with E-state index in [1.807, 2.05) is 30.3 Å². The highest BCUT2D eigenvalue weighted by atomic mass is 19.1. The van der Waals surface area contributed by atoms with E-state index >= 15 is 0 Å². The van der Waals surface area contributed by atoms with Gasteiger partial charge in [0.15, 0.2) is 0 Å². The second-order valence-corrected chi connectivity index (χ2v) is 4.80. The fourth-order valence-corrected chi connectivity index (χ4v) is 2.41. The van der Waals surface area contributed by atoms with Gasteiger partial charge < -0.3 is 5.11 Å². The van der Waals surface area contributed by atoms with E-state index in [9.17, 15) is 9.18 Å². The van der Waals surface area contributed by atoms with Crippen LogP contribution in [0.25, 0.3) is 0 Å². The van der Waals surface area contributed by atoms with Crippen LogP contribution in [-0.2, 0) is 4.79 Å². The SMILES string of the molecule is O=C(O)C1=NN(c2ccc(F)cc2)C(c2ccccc2)C1. The summed E-state index contributed by atoms with van der Waals surface area (Å²) < 4.78 is 13.1. The first-order valence-corrected chi connectivity index (χ1v) is 6.55. The molecule has 0 fully saturated rings. The fraction of sp³-hybridized carbons (Fsp3) is 0.125. The Morgan fingerprint density at radius 2 is 1.81 bits per heavy atom. The van der Waals surface area contributed by atoms with Crippen LogP contribution in [0.15, 0.2) is 59.7 Å². The molecule has 1 heterocycles. The molecule has 0 saturated heterocycles. The molecular formula is C16H13FN2O2. The second-order valence-electron chi connectivity index (χ2n) is 4.80.